The molecule has 0 saturated carbocycles. The maximum atomic E-state index is 15.3. The van der Waals surface area contributed by atoms with Gasteiger partial charge in [0.25, 0.3) is 5.91 Å². The van der Waals surface area contributed by atoms with Gasteiger partial charge in [-0.1, -0.05) is 6.92 Å². The molecule has 7 heterocycles. The summed E-state index contributed by atoms with van der Waals surface area (Å²) in [6.07, 6.45) is 4.15. The van der Waals surface area contributed by atoms with E-state index in [1.807, 2.05) is 35.9 Å². The number of benzene rings is 2. The Morgan fingerprint density at radius 3 is 2.43 bits per heavy atom. The van der Waals surface area contributed by atoms with Gasteiger partial charge < -0.3 is 24.0 Å². The van der Waals surface area contributed by atoms with E-state index in [2.05, 4.69) is 38.2 Å². The van der Waals surface area contributed by atoms with Gasteiger partial charge in [-0.05, 0) is 81.0 Å². The Kier molecular flexibility index (Phi) is 10.7. The largest absolute Gasteiger partial charge is 0.477 e. The summed E-state index contributed by atoms with van der Waals surface area (Å²) in [7, 11) is 1.83. The van der Waals surface area contributed by atoms with E-state index in [1.54, 1.807) is 23.0 Å². The molecule has 5 aromatic rings. The number of hydrogen-bond acceptors (Lipinski definition) is 10. The summed E-state index contributed by atoms with van der Waals surface area (Å²) < 4.78 is 40.5. The number of piperazine rings is 1. The van der Waals surface area contributed by atoms with E-state index in [9.17, 15) is 19.2 Å². The molecule has 4 amide bonds. The van der Waals surface area contributed by atoms with E-state index in [0.29, 0.717) is 93.3 Å². The Morgan fingerprint density at radius 1 is 0.869 bits per heavy atom. The first-order valence-electron chi connectivity index (χ1n) is 21.0. The molecule has 2 bridgehead atoms. The molecule has 0 spiro atoms. The number of rotatable bonds is 4. The summed E-state index contributed by atoms with van der Waals surface area (Å²) in [6, 6.07) is 12.0. The molecule has 3 saturated heterocycles. The normalized spacial score (nSPS) is 21.3. The van der Waals surface area contributed by atoms with Gasteiger partial charge >= 0.3 is 0 Å². The van der Waals surface area contributed by atoms with Crippen molar-refractivity contribution in [1.29, 1.82) is 0 Å². The molecule has 15 nitrogen and oxygen atoms in total. The van der Waals surface area contributed by atoms with Crippen molar-refractivity contribution in [3.63, 3.8) is 0 Å². The van der Waals surface area contributed by atoms with E-state index in [0.717, 1.165) is 35.1 Å². The van der Waals surface area contributed by atoms with Gasteiger partial charge in [0.1, 0.15) is 11.6 Å². The van der Waals surface area contributed by atoms with Crippen molar-refractivity contribution in [3.8, 4) is 17.1 Å². The Bertz CT molecular complexity index is 2540. The Morgan fingerprint density at radius 2 is 1.66 bits per heavy atom. The van der Waals surface area contributed by atoms with Crippen LogP contribution >= 0.6 is 0 Å². The molecule has 4 aliphatic heterocycles. The van der Waals surface area contributed by atoms with E-state index in [-0.39, 0.29) is 42.1 Å². The number of nitrogens with one attached hydrogen (secondary N) is 2. The predicted molar refractivity (Wildman–Crippen MR) is 223 cm³/mol. The van der Waals surface area contributed by atoms with Gasteiger partial charge in [0.05, 0.1) is 46.9 Å². The van der Waals surface area contributed by atoms with E-state index < -0.39 is 29.4 Å². The number of hydrogen-bond donors (Lipinski definition) is 2. The quantitative estimate of drug-likeness (QED) is 0.231. The lowest BCUT2D eigenvalue weighted by atomic mass is 9.89. The van der Waals surface area contributed by atoms with Crippen molar-refractivity contribution >= 4 is 52.0 Å². The zero-order valence-electron chi connectivity index (χ0n) is 34.4. The lowest BCUT2D eigenvalue weighted by molar-refractivity contribution is -0.135. The predicted octanol–water partition coefficient (Wildman–Crippen LogP) is 5.17. The highest BCUT2D eigenvalue weighted by molar-refractivity contribution is 6.05. The first kappa shape index (κ1) is 40.0. The number of amides is 4. The second-order valence-electron chi connectivity index (χ2n) is 16.7. The van der Waals surface area contributed by atoms with Gasteiger partial charge in [0, 0.05) is 87.5 Å². The number of carbonyl (C=O) groups is 4. The molecule has 3 fully saturated rings. The lowest BCUT2D eigenvalue weighted by Gasteiger charge is -2.37. The summed E-state index contributed by atoms with van der Waals surface area (Å²) in [6.45, 7) is 7.98. The first-order chi connectivity index (χ1) is 29.4. The molecule has 0 unspecified atom stereocenters. The molecule has 4 aliphatic rings. The molecule has 2 aromatic carbocycles. The fourth-order valence-electron chi connectivity index (χ4n) is 9.17. The third-order valence-electron chi connectivity index (χ3n) is 12.4. The minimum absolute atomic E-state index is 0.0223. The Labute approximate surface area is 351 Å². The van der Waals surface area contributed by atoms with Gasteiger partial charge in [0.2, 0.25) is 29.5 Å². The highest BCUT2D eigenvalue weighted by Gasteiger charge is 2.36. The Balaban J connectivity index is 0.884. The number of imide groups is 1. The fraction of sp³-hybridized carbons (Fsp3) is 0.432. The third kappa shape index (κ3) is 7.88. The van der Waals surface area contributed by atoms with Crippen molar-refractivity contribution in [2.75, 3.05) is 61.0 Å². The molecule has 0 aliphatic carbocycles. The van der Waals surface area contributed by atoms with Gasteiger partial charge in [-0.2, -0.15) is 5.10 Å². The second-order valence-corrected chi connectivity index (χ2v) is 16.7. The molecule has 17 heteroatoms. The molecule has 318 valence electrons. The van der Waals surface area contributed by atoms with Crippen molar-refractivity contribution < 1.29 is 32.7 Å². The number of anilines is 3. The first-order valence-corrected chi connectivity index (χ1v) is 21.0. The third-order valence-corrected chi connectivity index (χ3v) is 12.4. The minimum atomic E-state index is -1.06. The Hall–Kier alpha value is -6.39. The van der Waals surface area contributed by atoms with Gasteiger partial charge in [-0.25, -0.2) is 18.4 Å². The van der Waals surface area contributed by atoms with Crippen LogP contribution in [-0.2, 0) is 28.0 Å². The molecular formula is C44H48F2N10O5. The zero-order valence-corrected chi connectivity index (χ0v) is 34.4. The van der Waals surface area contributed by atoms with Crippen LogP contribution < -0.4 is 25.2 Å². The number of imidazole rings is 1. The molecule has 61 heavy (non-hydrogen) atoms. The molecule has 2 N–H and O–H groups in total. The number of fused-ring (bicyclic) bond motifs is 7. The van der Waals surface area contributed by atoms with Crippen molar-refractivity contribution in [3.05, 3.63) is 77.1 Å². The summed E-state index contributed by atoms with van der Waals surface area (Å²) >= 11 is 0. The van der Waals surface area contributed by atoms with Crippen LogP contribution in [-0.4, -0.2) is 98.7 Å². The highest BCUT2D eigenvalue weighted by Crippen LogP contribution is 2.35. The molecule has 0 radical (unpaired) electrons. The van der Waals surface area contributed by atoms with Gasteiger partial charge in [-0.15, -0.1) is 0 Å². The highest BCUT2D eigenvalue weighted by atomic mass is 19.1. The standard InChI is InChI=1S/C44H48F2N10O5/c1-25-5-4-16-61-43-32(22-47-52(43)3)36-18-28(17-26(2)48-36)40(58)51-44-49-35-8-6-29(21-37(35)56(44)23-25)55-11-10-27(24-55)42(60)54-14-12-53(13-15-54)30-19-33(45)39(34(46)20-30)31-7-9-38(57)50-41(31)59/h6,8,17-22,25,27,31H,4-5,7,9-16,23-24H2,1-3H3,(H,49,51,58)(H,50,57,59)/t25-,27+,31-/m1/s1. The van der Waals surface area contributed by atoms with Crippen LogP contribution in [0.15, 0.2) is 48.7 Å². The summed E-state index contributed by atoms with van der Waals surface area (Å²) in [5.41, 5.74) is 5.06. The SMILES string of the molecule is Cc1cc2cc(n1)-c1cnn(C)c1OCCC[C@@H](C)Cn1c(nc3ccc(N4CC[C@H](C(=O)N5CCN(c6cc(F)c([C@H]7CCC(=O)NC7=O)c(F)c6)CC5)C4)cc31)NC2=O. The van der Waals surface area contributed by atoms with Crippen LogP contribution in [0.1, 0.15) is 66.6 Å². The average Bonchev–Trinajstić information content (AvgIpc) is 3.96. The lowest BCUT2D eigenvalue weighted by Crippen LogP contribution is -2.50. The summed E-state index contributed by atoms with van der Waals surface area (Å²) in [5.74, 6) is -3.03. The number of piperidine rings is 1. The summed E-state index contributed by atoms with van der Waals surface area (Å²) in [5, 5.41) is 9.66. The number of carbonyl (C=O) groups excluding carboxylic acids is 4. The molecular weight excluding hydrogens is 787 g/mol. The number of aromatic nitrogens is 5. The van der Waals surface area contributed by atoms with E-state index in [1.165, 1.54) is 12.1 Å². The number of halogens is 2. The monoisotopic (exact) mass is 834 g/mol. The maximum Gasteiger partial charge on any atom is 0.258 e. The van der Waals surface area contributed by atoms with Gasteiger partial charge in [-0.3, -0.25) is 34.8 Å². The van der Waals surface area contributed by atoms with Crippen molar-refractivity contribution in [1.82, 2.24) is 34.5 Å². The van der Waals surface area contributed by atoms with Crippen molar-refractivity contribution in [2.24, 2.45) is 18.9 Å². The number of nitrogens with zero attached hydrogens (tertiary/aromatic N) is 8. The maximum absolute atomic E-state index is 15.3. The van der Waals surface area contributed by atoms with Crippen LogP contribution in [0.3, 0.4) is 0 Å². The van der Waals surface area contributed by atoms with Gasteiger partial charge in [0.15, 0.2) is 0 Å². The summed E-state index contributed by atoms with van der Waals surface area (Å²) in [4.78, 5) is 67.1. The van der Waals surface area contributed by atoms with E-state index in [4.69, 9.17) is 14.7 Å². The van der Waals surface area contributed by atoms with Crippen LogP contribution in [0.5, 0.6) is 5.88 Å². The molecule has 9 rings (SSSR count). The smallest absolute Gasteiger partial charge is 0.258 e. The fourth-order valence-corrected chi connectivity index (χ4v) is 9.17. The van der Waals surface area contributed by atoms with E-state index >= 15 is 8.78 Å². The minimum Gasteiger partial charge on any atom is -0.477 e. The number of aryl methyl sites for hydroxylation is 2. The van der Waals surface area contributed by atoms with Crippen LogP contribution in [0.4, 0.5) is 26.1 Å². The topological polar surface area (TPSA) is 160 Å². The zero-order chi connectivity index (χ0) is 42.5. The van der Waals surface area contributed by atoms with Crippen LogP contribution in [0, 0.1) is 30.4 Å². The number of ether oxygens (including phenoxy) is 1. The second kappa shape index (κ2) is 16.2. The average molecular weight is 835 g/mol. The molecule has 3 atom stereocenters. The number of pyridine rings is 1. The van der Waals surface area contributed by atoms with Crippen molar-refractivity contribution in [2.45, 2.75) is 58.4 Å². The molecule has 3 aromatic heterocycles. The van der Waals surface area contributed by atoms with Crippen LogP contribution in [0.25, 0.3) is 22.3 Å². The van der Waals surface area contributed by atoms with Crippen LogP contribution in [0.2, 0.25) is 0 Å².